The van der Waals surface area contributed by atoms with E-state index in [0.29, 0.717) is 26.3 Å². The largest absolute Gasteiger partial charge is 0.375 e. The van der Waals surface area contributed by atoms with Crippen LogP contribution in [-0.2, 0) is 14.3 Å². The van der Waals surface area contributed by atoms with Crippen LogP contribution in [0.15, 0.2) is 16.8 Å². The average Bonchev–Trinajstić information content (AvgIpc) is 3.01. The van der Waals surface area contributed by atoms with E-state index in [2.05, 4.69) is 16.8 Å². The summed E-state index contributed by atoms with van der Waals surface area (Å²) in [4.78, 5) is 14.5. The summed E-state index contributed by atoms with van der Waals surface area (Å²) < 4.78 is 11.3. The van der Waals surface area contributed by atoms with E-state index >= 15 is 0 Å². The van der Waals surface area contributed by atoms with Crippen molar-refractivity contribution in [3.05, 3.63) is 22.4 Å². The molecule has 21 heavy (non-hydrogen) atoms. The molecule has 1 unspecified atom stereocenters. The molecular weight excluding hydrogens is 312 g/mol. The normalized spacial score (nSPS) is 29.8. The molecule has 2 aliphatic rings. The van der Waals surface area contributed by atoms with E-state index in [1.807, 2.05) is 17.2 Å². The van der Waals surface area contributed by atoms with Crippen molar-refractivity contribution in [1.82, 2.24) is 10.2 Å². The van der Waals surface area contributed by atoms with Crippen molar-refractivity contribution in [2.75, 3.05) is 32.8 Å². The minimum absolute atomic E-state index is 0. The molecule has 0 radical (unpaired) electrons. The maximum atomic E-state index is 12.6. The van der Waals surface area contributed by atoms with Crippen LogP contribution in [0.2, 0.25) is 0 Å². The van der Waals surface area contributed by atoms with Gasteiger partial charge >= 0.3 is 0 Å². The van der Waals surface area contributed by atoms with Gasteiger partial charge in [0.1, 0.15) is 12.1 Å². The third kappa shape index (κ3) is 3.76. The lowest BCUT2D eigenvalue weighted by atomic mass is 10.1. The number of nitrogens with zero attached hydrogens (tertiary/aromatic N) is 1. The van der Waals surface area contributed by atoms with Crippen LogP contribution >= 0.6 is 23.7 Å². The smallest absolute Gasteiger partial charge is 0.242 e. The van der Waals surface area contributed by atoms with Gasteiger partial charge in [0.15, 0.2) is 0 Å². The Morgan fingerprint density at radius 1 is 1.43 bits per heavy atom. The van der Waals surface area contributed by atoms with Crippen LogP contribution in [-0.4, -0.2) is 55.8 Å². The Hall–Kier alpha value is -0.660. The van der Waals surface area contributed by atoms with E-state index in [9.17, 15) is 4.79 Å². The molecule has 5 nitrogen and oxygen atoms in total. The molecule has 1 amide bonds. The molecule has 0 aliphatic carbocycles. The number of halogens is 1. The highest BCUT2D eigenvalue weighted by Crippen LogP contribution is 2.24. The quantitative estimate of drug-likeness (QED) is 0.890. The Labute approximate surface area is 135 Å². The van der Waals surface area contributed by atoms with E-state index in [1.54, 1.807) is 11.3 Å². The predicted octanol–water partition coefficient (Wildman–Crippen LogP) is 1.45. The lowest BCUT2D eigenvalue weighted by molar-refractivity contribution is -0.147. The van der Waals surface area contributed by atoms with Crippen molar-refractivity contribution in [2.45, 2.75) is 25.2 Å². The Kier molecular flexibility index (Phi) is 6.01. The third-order valence-electron chi connectivity index (χ3n) is 3.88. The van der Waals surface area contributed by atoms with Crippen LogP contribution in [0, 0.1) is 0 Å². The summed E-state index contributed by atoms with van der Waals surface area (Å²) in [5.41, 5.74) is 1.16. The van der Waals surface area contributed by atoms with Gasteiger partial charge in [-0.3, -0.25) is 4.79 Å². The van der Waals surface area contributed by atoms with E-state index in [-0.39, 0.29) is 36.6 Å². The molecule has 1 aromatic rings. The number of nitrogens with one attached hydrogen (secondary N) is 1. The Morgan fingerprint density at radius 2 is 2.29 bits per heavy atom. The maximum absolute atomic E-state index is 12.6. The summed E-state index contributed by atoms with van der Waals surface area (Å²) in [5, 5.41) is 7.39. The minimum Gasteiger partial charge on any atom is -0.375 e. The SMILES string of the molecule is C[C@H]1OCCN[C@@H]1C(=O)N1CCOC(c2ccsc2)C1.Cl. The van der Waals surface area contributed by atoms with E-state index in [1.165, 1.54) is 0 Å². The highest BCUT2D eigenvalue weighted by molar-refractivity contribution is 7.07. The summed E-state index contributed by atoms with van der Waals surface area (Å²) in [5.74, 6) is 0.126. The molecule has 2 aliphatic heterocycles. The van der Waals surface area contributed by atoms with Gasteiger partial charge in [0.25, 0.3) is 0 Å². The molecule has 0 spiro atoms. The van der Waals surface area contributed by atoms with Crippen LogP contribution in [0.3, 0.4) is 0 Å². The Morgan fingerprint density at radius 3 is 3.00 bits per heavy atom. The second-order valence-electron chi connectivity index (χ2n) is 5.21. The van der Waals surface area contributed by atoms with Gasteiger partial charge in [-0.25, -0.2) is 0 Å². The van der Waals surface area contributed by atoms with Crippen molar-refractivity contribution in [3.63, 3.8) is 0 Å². The fourth-order valence-corrected chi connectivity index (χ4v) is 3.42. The molecule has 1 N–H and O–H groups in total. The van der Waals surface area contributed by atoms with E-state index in [4.69, 9.17) is 9.47 Å². The molecule has 2 fully saturated rings. The van der Waals surface area contributed by atoms with Crippen molar-refractivity contribution in [1.29, 1.82) is 0 Å². The molecule has 1 aromatic heterocycles. The van der Waals surface area contributed by atoms with Crippen LogP contribution in [0.1, 0.15) is 18.6 Å². The maximum Gasteiger partial charge on any atom is 0.242 e. The third-order valence-corrected chi connectivity index (χ3v) is 4.58. The van der Waals surface area contributed by atoms with Gasteiger partial charge in [-0.15, -0.1) is 12.4 Å². The number of ether oxygens (including phenoxy) is 2. The number of carbonyl (C=O) groups excluding carboxylic acids is 1. The first-order chi connectivity index (χ1) is 9.75. The lowest BCUT2D eigenvalue weighted by Gasteiger charge is -2.37. The van der Waals surface area contributed by atoms with Gasteiger partial charge in [0.2, 0.25) is 5.91 Å². The van der Waals surface area contributed by atoms with Crippen LogP contribution < -0.4 is 5.32 Å². The fraction of sp³-hybridized carbons (Fsp3) is 0.643. The Balaban J connectivity index is 0.00000161. The zero-order valence-corrected chi connectivity index (χ0v) is 13.6. The monoisotopic (exact) mass is 332 g/mol. The molecule has 0 aromatic carbocycles. The van der Waals surface area contributed by atoms with E-state index in [0.717, 1.165) is 12.1 Å². The summed E-state index contributed by atoms with van der Waals surface area (Å²) in [6.45, 7) is 5.23. The first-order valence-electron chi connectivity index (χ1n) is 7.03. The summed E-state index contributed by atoms with van der Waals surface area (Å²) >= 11 is 1.66. The van der Waals surface area contributed by atoms with Gasteiger partial charge in [0, 0.05) is 13.1 Å². The molecule has 3 rings (SSSR count). The van der Waals surface area contributed by atoms with Crippen LogP contribution in [0.25, 0.3) is 0 Å². The highest BCUT2D eigenvalue weighted by atomic mass is 35.5. The second kappa shape index (κ2) is 7.56. The lowest BCUT2D eigenvalue weighted by Crippen LogP contribution is -2.58. The van der Waals surface area contributed by atoms with Crippen molar-refractivity contribution in [3.8, 4) is 0 Å². The topological polar surface area (TPSA) is 50.8 Å². The number of hydrogen-bond donors (Lipinski definition) is 1. The molecular formula is C14H21ClN2O3S. The molecule has 0 saturated carbocycles. The first-order valence-corrected chi connectivity index (χ1v) is 7.97. The summed E-state index contributed by atoms with van der Waals surface area (Å²) in [7, 11) is 0. The minimum atomic E-state index is -0.232. The van der Waals surface area contributed by atoms with Gasteiger partial charge < -0.3 is 19.7 Å². The highest BCUT2D eigenvalue weighted by Gasteiger charge is 2.34. The molecule has 3 heterocycles. The fourth-order valence-electron chi connectivity index (χ4n) is 2.72. The first kappa shape index (κ1) is 16.7. The molecule has 118 valence electrons. The van der Waals surface area contributed by atoms with Gasteiger partial charge in [-0.1, -0.05) is 0 Å². The average molecular weight is 333 g/mol. The molecule has 0 bridgehead atoms. The predicted molar refractivity (Wildman–Crippen MR) is 84.0 cm³/mol. The Bertz CT molecular complexity index is 457. The zero-order valence-electron chi connectivity index (χ0n) is 12.0. The van der Waals surface area contributed by atoms with E-state index < -0.39 is 0 Å². The van der Waals surface area contributed by atoms with Gasteiger partial charge in [-0.05, 0) is 29.3 Å². The summed E-state index contributed by atoms with van der Waals surface area (Å²) in [6, 6.07) is 1.83. The molecule has 2 saturated heterocycles. The number of amides is 1. The van der Waals surface area contributed by atoms with Crippen LogP contribution in [0.4, 0.5) is 0 Å². The number of rotatable bonds is 2. The number of thiophene rings is 1. The standard InChI is InChI=1S/C14H20N2O3S.ClH/c1-10-13(15-3-5-18-10)14(17)16-4-6-19-12(8-16)11-2-7-20-9-11;/h2,7,9-10,12-13,15H,3-6,8H2,1H3;1H/t10-,12?,13+;/m1./s1. The molecule has 3 atom stereocenters. The van der Waals surface area contributed by atoms with Crippen molar-refractivity contribution < 1.29 is 14.3 Å². The van der Waals surface area contributed by atoms with Crippen molar-refractivity contribution in [2.24, 2.45) is 0 Å². The van der Waals surface area contributed by atoms with Gasteiger partial charge in [-0.2, -0.15) is 11.3 Å². The van der Waals surface area contributed by atoms with Crippen LogP contribution in [0.5, 0.6) is 0 Å². The number of carbonyl (C=O) groups is 1. The summed E-state index contributed by atoms with van der Waals surface area (Å²) in [6.07, 6.45) is -0.0718. The van der Waals surface area contributed by atoms with Gasteiger partial charge in [0.05, 0.1) is 25.9 Å². The van der Waals surface area contributed by atoms with Crippen molar-refractivity contribution >= 4 is 29.7 Å². The molecule has 7 heteroatoms. The zero-order chi connectivity index (χ0) is 13.9. The number of hydrogen-bond acceptors (Lipinski definition) is 5. The second-order valence-corrected chi connectivity index (χ2v) is 5.99. The number of morpholine rings is 2.